The molecule has 1 saturated carbocycles. The number of nitrogens with zero attached hydrogens (tertiary/aromatic N) is 1. The van der Waals surface area contributed by atoms with Crippen molar-refractivity contribution in [3.05, 3.63) is 53.1 Å². The quantitative estimate of drug-likeness (QED) is 0.730. The van der Waals surface area contributed by atoms with Gasteiger partial charge >= 0.3 is 6.03 Å². The second-order valence-electron chi connectivity index (χ2n) is 8.91. The number of benzene rings is 2. The second-order valence-corrected chi connectivity index (χ2v) is 9.34. The van der Waals surface area contributed by atoms with Gasteiger partial charge in [0.25, 0.3) is 0 Å². The fourth-order valence-electron chi connectivity index (χ4n) is 3.67. The molecule has 0 bridgehead atoms. The van der Waals surface area contributed by atoms with Crippen molar-refractivity contribution in [2.24, 2.45) is 5.41 Å². The minimum absolute atomic E-state index is 0.0216. The maximum absolute atomic E-state index is 12.9. The monoisotopic (exact) mass is 427 g/mol. The minimum Gasteiger partial charge on any atom is -0.490 e. The molecule has 1 aliphatic heterocycles. The summed E-state index contributed by atoms with van der Waals surface area (Å²) in [5.74, 6) is 0.665. The predicted molar refractivity (Wildman–Crippen MR) is 118 cm³/mol. The van der Waals surface area contributed by atoms with Gasteiger partial charge in [-0.15, -0.1) is 0 Å². The molecule has 1 fully saturated rings. The molecule has 30 heavy (non-hydrogen) atoms. The number of ether oxygens (including phenoxy) is 1. The highest BCUT2D eigenvalue weighted by molar-refractivity contribution is 6.30. The third-order valence-electron chi connectivity index (χ3n) is 5.47. The van der Waals surface area contributed by atoms with E-state index >= 15 is 0 Å². The normalized spacial score (nSPS) is 16.9. The van der Waals surface area contributed by atoms with Gasteiger partial charge < -0.3 is 20.3 Å². The lowest BCUT2D eigenvalue weighted by molar-refractivity contribution is -0.126. The summed E-state index contributed by atoms with van der Waals surface area (Å²) < 4.78 is 5.70. The maximum atomic E-state index is 12.9. The Hall–Kier alpha value is -2.73. The first-order valence-corrected chi connectivity index (χ1v) is 10.5. The molecule has 0 aromatic heterocycles. The molecule has 1 aliphatic carbocycles. The fraction of sp³-hybridized carbons (Fsp3) is 0.391. The van der Waals surface area contributed by atoms with Crippen LogP contribution in [-0.2, 0) is 10.3 Å². The van der Waals surface area contributed by atoms with Gasteiger partial charge in [0, 0.05) is 16.1 Å². The Morgan fingerprint density at radius 3 is 2.43 bits per heavy atom. The molecule has 2 aromatic carbocycles. The highest BCUT2D eigenvalue weighted by atomic mass is 35.5. The predicted octanol–water partition coefficient (Wildman–Crippen LogP) is 4.92. The molecule has 6 nitrogen and oxygen atoms in total. The first-order chi connectivity index (χ1) is 14.2. The van der Waals surface area contributed by atoms with Gasteiger partial charge in [-0.2, -0.15) is 0 Å². The van der Waals surface area contributed by atoms with E-state index in [4.69, 9.17) is 16.3 Å². The zero-order valence-electron chi connectivity index (χ0n) is 17.4. The van der Waals surface area contributed by atoms with Crippen LogP contribution in [0.3, 0.4) is 0 Å². The number of halogens is 1. The molecule has 2 aliphatic rings. The van der Waals surface area contributed by atoms with Crippen LogP contribution >= 0.6 is 11.6 Å². The van der Waals surface area contributed by atoms with Crippen molar-refractivity contribution in [2.45, 2.75) is 39.2 Å². The zero-order chi connectivity index (χ0) is 21.5. The number of urea groups is 1. The summed E-state index contributed by atoms with van der Waals surface area (Å²) in [7, 11) is 0. The Bertz CT molecular complexity index is 978. The van der Waals surface area contributed by atoms with E-state index in [9.17, 15) is 9.59 Å². The molecule has 3 amide bonds. The topological polar surface area (TPSA) is 70.7 Å². The summed E-state index contributed by atoms with van der Waals surface area (Å²) in [5.41, 5.74) is 1.48. The standard InChI is InChI=1S/C23H26ClN3O3/c1-22(2,3)20(28)27-12-13-30-19-9-8-17(14-18(19)27)25-21(29)26-23(10-11-23)15-4-6-16(24)7-5-15/h4-9,14H,10-13H2,1-3H3,(H2,25,26,29). The average Bonchev–Trinajstić information content (AvgIpc) is 3.47. The van der Waals surface area contributed by atoms with Crippen LogP contribution in [0.5, 0.6) is 5.75 Å². The summed E-state index contributed by atoms with van der Waals surface area (Å²) in [5, 5.41) is 6.65. The van der Waals surface area contributed by atoms with E-state index in [1.165, 1.54) is 0 Å². The number of carbonyl (C=O) groups is 2. The second kappa shape index (κ2) is 7.51. The molecule has 0 saturated heterocycles. The van der Waals surface area contributed by atoms with Gasteiger partial charge in [0.1, 0.15) is 12.4 Å². The zero-order valence-corrected chi connectivity index (χ0v) is 18.2. The van der Waals surface area contributed by atoms with Crippen molar-refractivity contribution >= 4 is 34.9 Å². The molecule has 0 spiro atoms. The third kappa shape index (κ3) is 4.10. The van der Waals surface area contributed by atoms with Crippen LogP contribution in [0.4, 0.5) is 16.2 Å². The Balaban J connectivity index is 1.50. The summed E-state index contributed by atoms with van der Waals surface area (Å²) >= 11 is 5.98. The minimum atomic E-state index is -0.508. The smallest absolute Gasteiger partial charge is 0.319 e. The largest absolute Gasteiger partial charge is 0.490 e. The van der Waals surface area contributed by atoms with Gasteiger partial charge in [0.05, 0.1) is 17.8 Å². The highest BCUT2D eigenvalue weighted by Crippen LogP contribution is 2.45. The lowest BCUT2D eigenvalue weighted by Crippen LogP contribution is -2.44. The van der Waals surface area contributed by atoms with Crippen molar-refractivity contribution in [3.8, 4) is 5.75 Å². The number of hydrogen-bond donors (Lipinski definition) is 2. The summed E-state index contributed by atoms with van der Waals surface area (Å²) in [6.07, 6.45) is 1.77. The maximum Gasteiger partial charge on any atom is 0.319 e. The van der Waals surface area contributed by atoms with E-state index in [2.05, 4.69) is 10.6 Å². The molecule has 2 N–H and O–H groups in total. The number of fused-ring (bicyclic) bond motifs is 1. The number of carbonyl (C=O) groups excluding carboxylic acids is 2. The molecule has 7 heteroatoms. The summed E-state index contributed by atoms with van der Waals surface area (Å²) in [4.78, 5) is 27.3. The van der Waals surface area contributed by atoms with Crippen molar-refractivity contribution in [1.29, 1.82) is 0 Å². The van der Waals surface area contributed by atoms with Crippen LogP contribution in [0.15, 0.2) is 42.5 Å². The van der Waals surface area contributed by atoms with Crippen LogP contribution in [0, 0.1) is 5.41 Å². The van der Waals surface area contributed by atoms with Crippen molar-refractivity contribution in [1.82, 2.24) is 5.32 Å². The number of anilines is 2. The van der Waals surface area contributed by atoms with E-state index < -0.39 is 5.41 Å². The van der Waals surface area contributed by atoms with Crippen LogP contribution in [0.25, 0.3) is 0 Å². The molecule has 1 heterocycles. The van der Waals surface area contributed by atoms with Crippen LogP contribution in [0.1, 0.15) is 39.2 Å². The van der Waals surface area contributed by atoms with Crippen LogP contribution < -0.4 is 20.3 Å². The van der Waals surface area contributed by atoms with Gasteiger partial charge in [0.2, 0.25) is 5.91 Å². The number of rotatable bonds is 3. The van der Waals surface area contributed by atoms with Crippen LogP contribution in [0.2, 0.25) is 5.02 Å². The molecule has 0 unspecified atom stereocenters. The van der Waals surface area contributed by atoms with Crippen molar-refractivity contribution in [3.63, 3.8) is 0 Å². The third-order valence-corrected chi connectivity index (χ3v) is 5.72. The average molecular weight is 428 g/mol. The van der Waals surface area contributed by atoms with Crippen molar-refractivity contribution < 1.29 is 14.3 Å². The highest BCUT2D eigenvalue weighted by Gasteiger charge is 2.45. The van der Waals surface area contributed by atoms with Gasteiger partial charge in [0.15, 0.2) is 0 Å². The summed E-state index contributed by atoms with van der Waals surface area (Å²) in [6.45, 7) is 6.62. The van der Waals surface area contributed by atoms with E-state index in [-0.39, 0.29) is 17.5 Å². The molecule has 0 atom stereocenters. The van der Waals surface area contributed by atoms with E-state index in [0.717, 1.165) is 18.4 Å². The van der Waals surface area contributed by atoms with Gasteiger partial charge in [-0.3, -0.25) is 4.79 Å². The molecular formula is C23H26ClN3O3. The lowest BCUT2D eigenvalue weighted by Gasteiger charge is -2.34. The van der Waals surface area contributed by atoms with Crippen molar-refractivity contribution in [2.75, 3.05) is 23.4 Å². The molecule has 0 radical (unpaired) electrons. The Kier molecular flexibility index (Phi) is 5.14. The Labute approximate surface area is 181 Å². The first kappa shape index (κ1) is 20.5. The van der Waals surface area contributed by atoms with E-state index in [1.54, 1.807) is 23.1 Å². The molecular weight excluding hydrogens is 402 g/mol. The number of hydrogen-bond acceptors (Lipinski definition) is 3. The Morgan fingerprint density at radius 1 is 1.10 bits per heavy atom. The van der Waals surface area contributed by atoms with Gasteiger partial charge in [-0.1, -0.05) is 44.5 Å². The van der Waals surface area contributed by atoms with Gasteiger partial charge in [-0.25, -0.2) is 4.79 Å². The molecule has 158 valence electrons. The lowest BCUT2D eigenvalue weighted by atomic mass is 9.94. The number of amides is 3. The summed E-state index contributed by atoms with van der Waals surface area (Å²) in [6, 6.07) is 12.6. The van der Waals surface area contributed by atoms with Gasteiger partial charge in [-0.05, 0) is 48.7 Å². The van der Waals surface area contributed by atoms with E-state index in [1.807, 2.05) is 45.0 Å². The first-order valence-electron chi connectivity index (χ1n) is 10.1. The van der Waals surface area contributed by atoms with E-state index in [0.29, 0.717) is 35.3 Å². The molecule has 2 aromatic rings. The van der Waals surface area contributed by atoms with Crippen LogP contribution in [-0.4, -0.2) is 25.1 Å². The number of nitrogens with one attached hydrogen (secondary N) is 2. The molecule has 4 rings (SSSR count). The Morgan fingerprint density at radius 2 is 1.80 bits per heavy atom. The SMILES string of the molecule is CC(C)(C)C(=O)N1CCOc2ccc(NC(=O)NC3(c4ccc(Cl)cc4)CC3)cc21. The fourth-order valence-corrected chi connectivity index (χ4v) is 3.80.